The maximum absolute atomic E-state index is 14.1. The van der Waals surface area contributed by atoms with Gasteiger partial charge in [0.05, 0.1) is 16.9 Å². The fourth-order valence-electron chi connectivity index (χ4n) is 4.46. The lowest BCUT2D eigenvalue weighted by Gasteiger charge is -2.17. The summed E-state index contributed by atoms with van der Waals surface area (Å²) in [6.45, 7) is 0.588. The number of halogens is 1. The van der Waals surface area contributed by atoms with E-state index in [1.54, 1.807) is 17.0 Å². The van der Waals surface area contributed by atoms with E-state index in [-0.39, 0.29) is 11.7 Å². The molecule has 0 fully saturated rings. The van der Waals surface area contributed by atoms with Crippen molar-refractivity contribution < 1.29 is 9.18 Å². The zero-order chi connectivity index (χ0) is 23.5. The SMILES string of the molecule is CN(Cc1ccccc1)C(=O)CCCc1c(-c2ccc3ccccc3n2)[nH]c2ccc(F)cc12. The minimum Gasteiger partial charge on any atom is -0.353 e. The normalized spacial score (nSPS) is 11.2. The molecule has 34 heavy (non-hydrogen) atoms. The minimum atomic E-state index is -0.274. The van der Waals surface area contributed by atoms with E-state index in [4.69, 9.17) is 4.98 Å². The number of aromatic nitrogens is 2. The zero-order valence-electron chi connectivity index (χ0n) is 19.1. The van der Waals surface area contributed by atoms with Crippen LogP contribution >= 0.6 is 0 Å². The zero-order valence-corrected chi connectivity index (χ0v) is 19.1. The summed E-state index contributed by atoms with van der Waals surface area (Å²) in [4.78, 5) is 22.8. The van der Waals surface area contributed by atoms with Gasteiger partial charge in [-0.2, -0.15) is 0 Å². The molecule has 2 heterocycles. The second-order valence-electron chi connectivity index (χ2n) is 8.65. The maximum Gasteiger partial charge on any atom is 0.222 e. The third kappa shape index (κ3) is 4.55. The molecule has 170 valence electrons. The highest BCUT2D eigenvalue weighted by molar-refractivity contribution is 5.91. The van der Waals surface area contributed by atoms with Gasteiger partial charge in [0.2, 0.25) is 5.91 Å². The third-order valence-corrected chi connectivity index (χ3v) is 6.23. The molecule has 5 heteroatoms. The highest BCUT2D eigenvalue weighted by Gasteiger charge is 2.17. The topological polar surface area (TPSA) is 49.0 Å². The molecular formula is C29H26FN3O. The molecule has 0 aliphatic heterocycles. The Labute approximate surface area is 198 Å². The van der Waals surface area contributed by atoms with Crippen molar-refractivity contribution in [1.29, 1.82) is 0 Å². The fourth-order valence-corrected chi connectivity index (χ4v) is 4.46. The number of aryl methyl sites for hydroxylation is 1. The number of nitrogens with zero attached hydrogens (tertiary/aromatic N) is 2. The van der Waals surface area contributed by atoms with Crippen molar-refractivity contribution in [3.63, 3.8) is 0 Å². The molecule has 0 aliphatic rings. The number of benzene rings is 3. The van der Waals surface area contributed by atoms with Gasteiger partial charge in [-0.25, -0.2) is 9.37 Å². The van der Waals surface area contributed by atoms with Crippen LogP contribution in [-0.4, -0.2) is 27.8 Å². The lowest BCUT2D eigenvalue weighted by Crippen LogP contribution is -2.25. The van der Waals surface area contributed by atoms with Crippen LogP contribution in [0.4, 0.5) is 4.39 Å². The van der Waals surface area contributed by atoms with Gasteiger partial charge >= 0.3 is 0 Å². The number of pyridine rings is 1. The third-order valence-electron chi connectivity index (χ3n) is 6.23. The molecule has 0 atom stereocenters. The number of aromatic amines is 1. The van der Waals surface area contributed by atoms with E-state index in [2.05, 4.69) is 11.1 Å². The van der Waals surface area contributed by atoms with Gasteiger partial charge in [-0.3, -0.25) is 4.79 Å². The summed E-state index contributed by atoms with van der Waals surface area (Å²) in [6.07, 6.45) is 1.75. The van der Waals surface area contributed by atoms with Crippen LogP contribution in [0.5, 0.6) is 0 Å². The average Bonchev–Trinajstić information content (AvgIpc) is 3.22. The van der Waals surface area contributed by atoms with Crippen LogP contribution in [0.2, 0.25) is 0 Å². The summed E-state index contributed by atoms with van der Waals surface area (Å²) < 4.78 is 14.1. The molecule has 0 bridgehead atoms. The van der Waals surface area contributed by atoms with Crippen molar-refractivity contribution in [2.75, 3.05) is 7.05 Å². The van der Waals surface area contributed by atoms with Gasteiger partial charge in [-0.15, -0.1) is 0 Å². The van der Waals surface area contributed by atoms with Crippen molar-refractivity contribution in [3.05, 3.63) is 102 Å². The van der Waals surface area contributed by atoms with Crippen LogP contribution in [0.1, 0.15) is 24.0 Å². The van der Waals surface area contributed by atoms with Crippen LogP contribution in [0.25, 0.3) is 33.2 Å². The first kappa shape index (κ1) is 21.8. The number of carbonyl (C=O) groups excluding carboxylic acids is 1. The largest absolute Gasteiger partial charge is 0.353 e. The summed E-state index contributed by atoms with van der Waals surface area (Å²) in [5, 5.41) is 1.91. The predicted octanol–water partition coefficient (Wildman–Crippen LogP) is 6.50. The first-order valence-electron chi connectivity index (χ1n) is 11.5. The Morgan fingerprint density at radius 1 is 0.971 bits per heavy atom. The quantitative estimate of drug-likeness (QED) is 0.307. The highest BCUT2D eigenvalue weighted by Crippen LogP contribution is 2.32. The number of para-hydroxylation sites is 1. The number of hydrogen-bond donors (Lipinski definition) is 1. The number of carbonyl (C=O) groups is 1. The molecule has 0 aliphatic carbocycles. The fraction of sp³-hybridized carbons (Fsp3) is 0.172. The molecule has 0 saturated carbocycles. The smallest absolute Gasteiger partial charge is 0.222 e. The van der Waals surface area contributed by atoms with Gasteiger partial charge in [-0.1, -0.05) is 54.6 Å². The van der Waals surface area contributed by atoms with Crippen LogP contribution in [0.3, 0.4) is 0 Å². The standard InChI is InChI=1S/C29H26FN3O/c1-33(19-20-8-3-2-4-9-20)28(34)13-7-11-23-24-18-22(30)15-17-26(24)32-29(23)27-16-14-21-10-5-6-12-25(21)31-27/h2-6,8-10,12,14-18,32H,7,11,13,19H2,1H3. The van der Waals surface area contributed by atoms with Crippen molar-refractivity contribution in [3.8, 4) is 11.4 Å². The van der Waals surface area contributed by atoms with Crippen LogP contribution in [0, 0.1) is 5.82 Å². The Hall–Kier alpha value is -3.99. The van der Waals surface area contributed by atoms with Gasteiger partial charge in [0.25, 0.3) is 0 Å². The molecule has 0 saturated heterocycles. The van der Waals surface area contributed by atoms with E-state index in [0.29, 0.717) is 25.8 Å². The number of H-pyrrole nitrogens is 1. The summed E-state index contributed by atoms with van der Waals surface area (Å²) >= 11 is 0. The number of fused-ring (bicyclic) bond motifs is 2. The summed E-state index contributed by atoms with van der Waals surface area (Å²) in [5.41, 5.74) is 5.59. The molecule has 4 nitrogen and oxygen atoms in total. The Balaban J connectivity index is 1.38. The monoisotopic (exact) mass is 451 g/mol. The summed E-state index contributed by atoms with van der Waals surface area (Å²) in [6, 6.07) is 26.8. The molecule has 1 amide bonds. The molecule has 2 aromatic heterocycles. The molecule has 5 rings (SSSR count). The molecule has 0 spiro atoms. The van der Waals surface area contributed by atoms with Crippen molar-refractivity contribution in [2.45, 2.75) is 25.8 Å². The Kier molecular flexibility index (Phi) is 6.09. The second kappa shape index (κ2) is 9.48. The Morgan fingerprint density at radius 2 is 1.76 bits per heavy atom. The predicted molar refractivity (Wildman–Crippen MR) is 135 cm³/mol. The van der Waals surface area contributed by atoms with Crippen LogP contribution in [-0.2, 0) is 17.8 Å². The molecular weight excluding hydrogens is 425 g/mol. The van der Waals surface area contributed by atoms with Crippen LogP contribution in [0.15, 0.2) is 84.9 Å². The van der Waals surface area contributed by atoms with E-state index < -0.39 is 0 Å². The molecule has 1 N–H and O–H groups in total. The average molecular weight is 452 g/mol. The summed E-state index contributed by atoms with van der Waals surface area (Å²) in [7, 11) is 1.83. The number of nitrogens with one attached hydrogen (secondary N) is 1. The van der Waals surface area contributed by atoms with Gasteiger partial charge < -0.3 is 9.88 Å². The Morgan fingerprint density at radius 3 is 2.62 bits per heavy atom. The van der Waals surface area contributed by atoms with Crippen LogP contribution < -0.4 is 0 Å². The molecule has 5 aromatic rings. The van der Waals surface area contributed by atoms with Gasteiger partial charge in [-0.05, 0) is 54.3 Å². The van der Waals surface area contributed by atoms with Gasteiger partial charge in [0.15, 0.2) is 0 Å². The Bertz CT molecular complexity index is 1460. The van der Waals surface area contributed by atoms with Crippen molar-refractivity contribution >= 4 is 27.7 Å². The second-order valence-corrected chi connectivity index (χ2v) is 8.65. The maximum atomic E-state index is 14.1. The van der Waals surface area contributed by atoms with Crippen molar-refractivity contribution in [2.24, 2.45) is 0 Å². The highest BCUT2D eigenvalue weighted by atomic mass is 19.1. The van der Waals surface area contributed by atoms with Gasteiger partial charge in [0, 0.05) is 36.3 Å². The van der Waals surface area contributed by atoms with E-state index >= 15 is 0 Å². The lowest BCUT2D eigenvalue weighted by atomic mass is 10.0. The van der Waals surface area contributed by atoms with Gasteiger partial charge in [0.1, 0.15) is 5.82 Å². The van der Waals surface area contributed by atoms with E-state index in [9.17, 15) is 9.18 Å². The summed E-state index contributed by atoms with van der Waals surface area (Å²) in [5.74, 6) is -0.176. The number of amides is 1. The van der Waals surface area contributed by atoms with E-state index in [1.807, 2.05) is 67.7 Å². The lowest BCUT2D eigenvalue weighted by molar-refractivity contribution is -0.130. The van der Waals surface area contributed by atoms with E-state index in [0.717, 1.165) is 44.3 Å². The number of rotatable bonds is 7. The minimum absolute atomic E-state index is 0.0975. The molecule has 0 unspecified atom stereocenters. The molecule has 3 aromatic carbocycles. The number of hydrogen-bond acceptors (Lipinski definition) is 2. The molecule has 0 radical (unpaired) electrons. The van der Waals surface area contributed by atoms with E-state index in [1.165, 1.54) is 6.07 Å². The first-order chi connectivity index (χ1) is 16.6. The first-order valence-corrected chi connectivity index (χ1v) is 11.5. The van der Waals surface area contributed by atoms with Crippen molar-refractivity contribution in [1.82, 2.24) is 14.9 Å².